The summed E-state index contributed by atoms with van der Waals surface area (Å²) >= 11 is 0. The highest BCUT2D eigenvalue weighted by atomic mass is 16.7. The van der Waals surface area contributed by atoms with Gasteiger partial charge in [0.1, 0.15) is 5.10 Å². The fourth-order valence-electron chi connectivity index (χ4n) is 1.60. The number of hydrogen-bond acceptors (Lipinski definition) is 5. The SMILES string of the molecule is CC/C(=N\N/C(N)=N\[N+](=O)[O-])c1ccc(OC)c(OC)c1. The second-order valence-electron chi connectivity index (χ2n) is 3.82. The summed E-state index contributed by atoms with van der Waals surface area (Å²) in [7, 11) is 3.08. The molecule has 0 atom stereocenters. The Balaban J connectivity index is 3.02. The Labute approximate surface area is 121 Å². The summed E-state index contributed by atoms with van der Waals surface area (Å²) in [5.41, 5.74) is 9.05. The molecule has 0 fully saturated rings. The van der Waals surface area contributed by atoms with Crippen molar-refractivity contribution >= 4 is 11.7 Å². The van der Waals surface area contributed by atoms with Crippen molar-refractivity contribution in [2.45, 2.75) is 13.3 Å². The van der Waals surface area contributed by atoms with E-state index in [4.69, 9.17) is 15.2 Å². The highest BCUT2D eigenvalue weighted by Crippen LogP contribution is 2.28. The van der Waals surface area contributed by atoms with Crippen molar-refractivity contribution in [2.24, 2.45) is 15.9 Å². The summed E-state index contributed by atoms with van der Waals surface area (Å²) < 4.78 is 10.4. The topological polar surface area (TPSA) is 124 Å². The Morgan fingerprint density at radius 1 is 1.38 bits per heavy atom. The van der Waals surface area contributed by atoms with Gasteiger partial charge in [-0.05, 0) is 24.6 Å². The predicted molar refractivity (Wildman–Crippen MR) is 78.1 cm³/mol. The van der Waals surface area contributed by atoms with Crippen LogP contribution in [0.1, 0.15) is 18.9 Å². The van der Waals surface area contributed by atoms with Gasteiger partial charge in [-0.2, -0.15) is 5.10 Å². The molecule has 0 aromatic heterocycles. The molecule has 0 heterocycles. The number of guanidine groups is 1. The van der Waals surface area contributed by atoms with Crippen LogP contribution in [-0.2, 0) is 0 Å². The summed E-state index contributed by atoms with van der Waals surface area (Å²) in [6.07, 6.45) is 0.578. The monoisotopic (exact) mass is 295 g/mol. The first kappa shape index (κ1) is 16.2. The fraction of sp³-hybridized carbons (Fsp3) is 0.333. The molecule has 0 aliphatic rings. The van der Waals surface area contributed by atoms with Crippen LogP contribution in [0, 0.1) is 10.1 Å². The molecule has 0 aliphatic heterocycles. The third-order valence-electron chi connectivity index (χ3n) is 2.55. The normalized spacial score (nSPS) is 12.0. The molecule has 0 saturated heterocycles. The molecule has 1 rings (SSSR count). The molecule has 0 aliphatic carbocycles. The molecule has 1 aromatic carbocycles. The van der Waals surface area contributed by atoms with Crippen molar-refractivity contribution in [3.63, 3.8) is 0 Å². The first-order chi connectivity index (χ1) is 10.0. The van der Waals surface area contributed by atoms with E-state index in [1.807, 2.05) is 6.92 Å². The lowest BCUT2D eigenvalue weighted by Crippen LogP contribution is -2.29. The minimum absolute atomic E-state index is 0.397. The Hall–Kier alpha value is -2.84. The first-order valence-electron chi connectivity index (χ1n) is 6.05. The van der Waals surface area contributed by atoms with E-state index in [1.54, 1.807) is 25.3 Å². The van der Waals surface area contributed by atoms with Crippen LogP contribution in [0.3, 0.4) is 0 Å². The third kappa shape index (κ3) is 4.64. The van der Waals surface area contributed by atoms with E-state index in [9.17, 15) is 10.1 Å². The van der Waals surface area contributed by atoms with E-state index >= 15 is 0 Å². The van der Waals surface area contributed by atoms with Gasteiger partial charge in [0.05, 0.1) is 19.9 Å². The van der Waals surface area contributed by atoms with Crippen molar-refractivity contribution in [1.82, 2.24) is 5.43 Å². The molecular formula is C12H17N5O4. The van der Waals surface area contributed by atoms with E-state index in [1.165, 1.54) is 7.11 Å². The molecule has 0 radical (unpaired) electrons. The fourth-order valence-corrected chi connectivity index (χ4v) is 1.60. The van der Waals surface area contributed by atoms with Gasteiger partial charge >= 0.3 is 0 Å². The highest BCUT2D eigenvalue weighted by Gasteiger charge is 2.08. The van der Waals surface area contributed by atoms with Gasteiger partial charge in [0.25, 0.3) is 5.96 Å². The molecule has 0 saturated carbocycles. The number of rotatable bonds is 6. The minimum Gasteiger partial charge on any atom is -0.493 e. The Bertz CT molecular complexity index is 571. The van der Waals surface area contributed by atoms with Crippen LogP contribution in [0.2, 0.25) is 0 Å². The van der Waals surface area contributed by atoms with E-state index in [-0.39, 0.29) is 0 Å². The molecule has 21 heavy (non-hydrogen) atoms. The molecular weight excluding hydrogens is 278 g/mol. The maximum Gasteiger partial charge on any atom is 0.286 e. The lowest BCUT2D eigenvalue weighted by atomic mass is 10.1. The molecule has 9 nitrogen and oxygen atoms in total. The lowest BCUT2D eigenvalue weighted by Gasteiger charge is -2.10. The summed E-state index contributed by atoms with van der Waals surface area (Å²) in [6, 6.07) is 5.30. The van der Waals surface area contributed by atoms with Crippen molar-refractivity contribution in [1.29, 1.82) is 0 Å². The Morgan fingerprint density at radius 3 is 2.57 bits per heavy atom. The smallest absolute Gasteiger partial charge is 0.286 e. The standard InChI is InChI=1S/C12H17N5O4/c1-4-9(14-15-12(13)16-17(18)19)8-5-6-10(20-2)11(7-8)21-3/h5-7H,4H2,1-3H3,(H3,13,15,16)/b14-9+. The van der Waals surface area contributed by atoms with E-state index in [0.717, 1.165) is 5.56 Å². The van der Waals surface area contributed by atoms with Crippen molar-refractivity contribution in [3.8, 4) is 11.5 Å². The van der Waals surface area contributed by atoms with Crippen LogP contribution in [0.5, 0.6) is 11.5 Å². The van der Waals surface area contributed by atoms with Crippen molar-refractivity contribution in [2.75, 3.05) is 14.2 Å². The van der Waals surface area contributed by atoms with Crippen LogP contribution >= 0.6 is 0 Å². The predicted octanol–water partition coefficient (Wildman–Crippen LogP) is 0.914. The Morgan fingerprint density at radius 2 is 2.05 bits per heavy atom. The Kier molecular flexibility index (Phi) is 5.93. The quantitative estimate of drug-likeness (QED) is 0.348. The highest BCUT2D eigenvalue weighted by molar-refractivity contribution is 6.01. The number of benzene rings is 1. The summed E-state index contributed by atoms with van der Waals surface area (Å²) in [4.78, 5) is 10.2. The number of ether oxygens (including phenoxy) is 2. The van der Waals surface area contributed by atoms with Gasteiger partial charge in [-0.1, -0.05) is 6.92 Å². The minimum atomic E-state index is -0.903. The van der Waals surface area contributed by atoms with Crippen LogP contribution in [-0.4, -0.2) is 30.9 Å². The third-order valence-corrected chi connectivity index (χ3v) is 2.55. The second-order valence-corrected chi connectivity index (χ2v) is 3.82. The van der Waals surface area contributed by atoms with Gasteiger partial charge in [0, 0.05) is 5.56 Å². The van der Waals surface area contributed by atoms with Crippen molar-refractivity contribution in [3.05, 3.63) is 33.9 Å². The number of nitrogens with two attached hydrogens (primary N) is 1. The molecule has 0 spiro atoms. The van der Waals surface area contributed by atoms with Crippen LogP contribution in [0.25, 0.3) is 0 Å². The molecule has 0 bridgehead atoms. The summed E-state index contributed by atoms with van der Waals surface area (Å²) in [6.45, 7) is 1.89. The van der Waals surface area contributed by atoms with Crippen LogP contribution in [0.15, 0.2) is 28.4 Å². The van der Waals surface area contributed by atoms with Gasteiger partial charge < -0.3 is 15.2 Å². The van der Waals surface area contributed by atoms with Gasteiger partial charge in [-0.25, -0.2) is 15.5 Å². The zero-order valence-corrected chi connectivity index (χ0v) is 12.0. The number of methoxy groups -OCH3 is 2. The molecule has 1 aromatic rings. The first-order valence-corrected chi connectivity index (χ1v) is 6.05. The van der Waals surface area contributed by atoms with Crippen LogP contribution < -0.4 is 20.6 Å². The largest absolute Gasteiger partial charge is 0.493 e. The summed E-state index contributed by atoms with van der Waals surface area (Å²) in [5, 5.41) is 16.2. The van der Waals surface area contributed by atoms with Gasteiger partial charge in [-0.3, -0.25) is 0 Å². The maximum absolute atomic E-state index is 10.2. The molecule has 3 N–H and O–H groups in total. The van der Waals surface area contributed by atoms with E-state index in [2.05, 4.69) is 15.6 Å². The number of nitrogens with zero attached hydrogens (tertiary/aromatic N) is 3. The molecule has 114 valence electrons. The number of nitro groups is 1. The summed E-state index contributed by atoms with van der Waals surface area (Å²) in [5.74, 6) is 0.758. The molecule has 0 unspecified atom stereocenters. The zero-order chi connectivity index (χ0) is 15.8. The van der Waals surface area contributed by atoms with Gasteiger partial charge in [0.15, 0.2) is 16.5 Å². The number of hydrazone groups is 2. The second kappa shape index (κ2) is 7.68. The average molecular weight is 295 g/mol. The van der Waals surface area contributed by atoms with E-state index in [0.29, 0.717) is 23.6 Å². The number of nitrogens with one attached hydrogen (secondary N) is 1. The molecule has 9 heteroatoms. The molecule has 0 amide bonds. The van der Waals surface area contributed by atoms with Crippen molar-refractivity contribution < 1.29 is 14.5 Å². The lowest BCUT2D eigenvalue weighted by molar-refractivity contribution is -0.485. The average Bonchev–Trinajstić information content (AvgIpc) is 2.46. The van der Waals surface area contributed by atoms with Crippen LogP contribution in [0.4, 0.5) is 0 Å². The van der Waals surface area contributed by atoms with E-state index < -0.39 is 11.0 Å². The van der Waals surface area contributed by atoms with Gasteiger partial charge in [0.2, 0.25) is 0 Å². The number of hydrogen-bond donors (Lipinski definition) is 2. The van der Waals surface area contributed by atoms with Gasteiger partial charge in [-0.15, -0.1) is 0 Å². The maximum atomic E-state index is 10.2. The zero-order valence-electron chi connectivity index (χ0n) is 12.0.